The van der Waals surface area contributed by atoms with E-state index in [0.29, 0.717) is 5.02 Å². The van der Waals surface area contributed by atoms with Crippen molar-refractivity contribution in [1.82, 2.24) is 0 Å². The number of aromatic carboxylic acids is 1. The van der Waals surface area contributed by atoms with Gasteiger partial charge < -0.3 is 15.5 Å². The Bertz CT molecular complexity index is 738. The number of rotatable bonds is 4. The summed E-state index contributed by atoms with van der Waals surface area (Å²) in [4.78, 5) is 22.7. The van der Waals surface area contributed by atoms with Crippen LogP contribution in [0.2, 0.25) is 5.02 Å². The van der Waals surface area contributed by atoms with Crippen molar-refractivity contribution in [3.8, 4) is 5.75 Å². The van der Waals surface area contributed by atoms with E-state index < -0.39 is 11.9 Å². The van der Waals surface area contributed by atoms with E-state index in [4.69, 9.17) is 16.7 Å². The SMILES string of the molecule is O=C(/C=C/c1ccc(Cl)cc1)Nc1cc(C(=O)O)ccc1O. The third-order valence-electron chi connectivity index (χ3n) is 2.80. The van der Waals surface area contributed by atoms with Crippen LogP contribution < -0.4 is 5.32 Å². The molecule has 0 radical (unpaired) electrons. The van der Waals surface area contributed by atoms with Crippen LogP contribution >= 0.6 is 11.6 Å². The maximum absolute atomic E-state index is 11.8. The number of carboxylic acids is 1. The second kappa shape index (κ2) is 6.78. The number of halogens is 1. The molecule has 3 N–H and O–H groups in total. The number of phenolic OH excluding ortho intramolecular Hbond substituents is 1. The van der Waals surface area contributed by atoms with Crippen LogP contribution in [0.5, 0.6) is 5.75 Å². The molecule has 0 bridgehead atoms. The Morgan fingerprint density at radius 3 is 2.41 bits per heavy atom. The smallest absolute Gasteiger partial charge is 0.335 e. The number of hydrogen-bond donors (Lipinski definition) is 3. The lowest BCUT2D eigenvalue weighted by atomic mass is 10.2. The van der Waals surface area contributed by atoms with Crippen molar-refractivity contribution >= 4 is 35.2 Å². The molecule has 0 spiro atoms. The number of carboxylic acid groups (broad SMARTS) is 1. The summed E-state index contributed by atoms with van der Waals surface area (Å²) in [5.41, 5.74) is 0.781. The van der Waals surface area contributed by atoms with Crippen LogP contribution in [0.4, 0.5) is 5.69 Å². The highest BCUT2D eigenvalue weighted by Gasteiger charge is 2.09. The van der Waals surface area contributed by atoms with E-state index in [0.717, 1.165) is 5.56 Å². The molecule has 5 nitrogen and oxygen atoms in total. The Kier molecular flexibility index (Phi) is 4.80. The number of phenols is 1. The highest BCUT2D eigenvalue weighted by Crippen LogP contribution is 2.24. The Hall–Kier alpha value is -2.79. The first kappa shape index (κ1) is 15.6. The van der Waals surface area contributed by atoms with Gasteiger partial charge >= 0.3 is 5.97 Å². The molecular weight excluding hydrogens is 306 g/mol. The Morgan fingerprint density at radius 2 is 1.77 bits per heavy atom. The minimum absolute atomic E-state index is 0.0326. The van der Waals surface area contributed by atoms with Gasteiger partial charge in [-0.3, -0.25) is 4.79 Å². The van der Waals surface area contributed by atoms with Crippen molar-refractivity contribution in [2.45, 2.75) is 0 Å². The topological polar surface area (TPSA) is 86.6 Å². The van der Waals surface area contributed by atoms with Gasteiger partial charge in [0.2, 0.25) is 5.91 Å². The monoisotopic (exact) mass is 317 g/mol. The molecule has 0 aliphatic carbocycles. The molecule has 0 saturated carbocycles. The maximum atomic E-state index is 11.8. The van der Waals surface area contributed by atoms with Crippen molar-refractivity contribution in [2.75, 3.05) is 5.32 Å². The maximum Gasteiger partial charge on any atom is 0.335 e. The number of benzene rings is 2. The normalized spacial score (nSPS) is 10.6. The molecule has 0 fully saturated rings. The Balaban J connectivity index is 2.10. The molecule has 22 heavy (non-hydrogen) atoms. The van der Waals surface area contributed by atoms with Gasteiger partial charge in [-0.2, -0.15) is 0 Å². The van der Waals surface area contributed by atoms with Gasteiger partial charge in [-0.05, 0) is 42.0 Å². The summed E-state index contributed by atoms with van der Waals surface area (Å²) < 4.78 is 0. The number of nitrogens with one attached hydrogen (secondary N) is 1. The molecule has 0 aliphatic rings. The van der Waals surface area contributed by atoms with Gasteiger partial charge in [-0.15, -0.1) is 0 Å². The zero-order chi connectivity index (χ0) is 16.1. The molecule has 0 unspecified atom stereocenters. The average Bonchev–Trinajstić information content (AvgIpc) is 2.48. The van der Waals surface area contributed by atoms with Crippen LogP contribution in [0.15, 0.2) is 48.5 Å². The highest BCUT2D eigenvalue weighted by atomic mass is 35.5. The Labute approximate surface area is 131 Å². The lowest BCUT2D eigenvalue weighted by Crippen LogP contribution is -2.09. The van der Waals surface area contributed by atoms with E-state index in [1.165, 1.54) is 24.3 Å². The number of hydrogen-bond acceptors (Lipinski definition) is 3. The average molecular weight is 318 g/mol. The summed E-state index contributed by atoms with van der Waals surface area (Å²) in [5, 5.41) is 21.5. The molecule has 2 rings (SSSR count). The zero-order valence-corrected chi connectivity index (χ0v) is 12.0. The summed E-state index contributed by atoms with van der Waals surface area (Å²) in [6.07, 6.45) is 2.85. The lowest BCUT2D eigenvalue weighted by Gasteiger charge is -2.06. The number of aromatic hydroxyl groups is 1. The third-order valence-corrected chi connectivity index (χ3v) is 3.05. The second-order valence-corrected chi connectivity index (χ2v) is 4.85. The van der Waals surface area contributed by atoms with Crippen LogP contribution in [0.1, 0.15) is 15.9 Å². The first-order chi connectivity index (χ1) is 10.5. The van der Waals surface area contributed by atoms with Gasteiger partial charge in [-0.1, -0.05) is 23.7 Å². The minimum atomic E-state index is -1.15. The van der Waals surface area contributed by atoms with Crippen molar-refractivity contribution in [3.05, 3.63) is 64.7 Å². The van der Waals surface area contributed by atoms with Crippen molar-refractivity contribution in [1.29, 1.82) is 0 Å². The third kappa shape index (κ3) is 4.10. The predicted octanol–water partition coefficient (Wildman–Crippen LogP) is 3.40. The van der Waals surface area contributed by atoms with Crippen molar-refractivity contribution in [2.24, 2.45) is 0 Å². The molecule has 0 saturated heterocycles. The minimum Gasteiger partial charge on any atom is -0.506 e. The summed E-state index contributed by atoms with van der Waals surface area (Å²) in [6, 6.07) is 10.5. The zero-order valence-electron chi connectivity index (χ0n) is 11.3. The van der Waals surface area contributed by atoms with Gasteiger partial charge in [0, 0.05) is 11.1 Å². The number of carbonyl (C=O) groups is 2. The first-order valence-electron chi connectivity index (χ1n) is 6.26. The van der Waals surface area contributed by atoms with Gasteiger partial charge in [0.25, 0.3) is 0 Å². The summed E-state index contributed by atoms with van der Waals surface area (Å²) in [7, 11) is 0. The van der Waals surface area contributed by atoms with E-state index >= 15 is 0 Å². The van der Waals surface area contributed by atoms with E-state index in [-0.39, 0.29) is 17.0 Å². The van der Waals surface area contributed by atoms with Crippen molar-refractivity contribution < 1.29 is 19.8 Å². The van der Waals surface area contributed by atoms with Gasteiger partial charge in [-0.25, -0.2) is 4.79 Å². The quantitative estimate of drug-likeness (QED) is 0.596. The molecule has 0 atom stereocenters. The van der Waals surface area contributed by atoms with Crippen molar-refractivity contribution in [3.63, 3.8) is 0 Å². The molecule has 112 valence electrons. The lowest BCUT2D eigenvalue weighted by molar-refractivity contribution is -0.111. The second-order valence-electron chi connectivity index (χ2n) is 4.41. The largest absolute Gasteiger partial charge is 0.506 e. The molecule has 2 aromatic rings. The first-order valence-corrected chi connectivity index (χ1v) is 6.64. The Morgan fingerprint density at radius 1 is 1.09 bits per heavy atom. The number of carbonyl (C=O) groups excluding carboxylic acids is 1. The van der Waals surface area contributed by atoms with Crippen LogP contribution in [0, 0.1) is 0 Å². The number of amides is 1. The molecule has 0 heterocycles. The molecule has 6 heteroatoms. The number of anilines is 1. The summed E-state index contributed by atoms with van der Waals surface area (Å²) in [5.74, 6) is -1.85. The van der Waals surface area contributed by atoms with Gasteiger partial charge in [0.1, 0.15) is 5.75 Å². The molecule has 2 aromatic carbocycles. The van der Waals surface area contributed by atoms with Crippen LogP contribution in [0.3, 0.4) is 0 Å². The highest BCUT2D eigenvalue weighted by molar-refractivity contribution is 6.30. The van der Waals surface area contributed by atoms with Gasteiger partial charge in [0.15, 0.2) is 0 Å². The predicted molar refractivity (Wildman–Crippen MR) is 84.2 cm³/mol. The fraction of sp³-hybridized carbons (Fsp3) is 0. The van der Waals surface area contributed by atoms with Crippen LogP contribution in [0.25, 0.3) is 6.08 Å². The molecule has 0 aliphatic heterocycles. The molecule has 0 aromatic heterocycles. The van der Waals surface area contributed by atoms with E-state index in [9.17, 15) is 14.7 Å². The molecular formula is C16H12ClNO4. The molecule has 1 amide bonds. The van der Waals surface area contributed by atoms with E-state index in [1.807, 2.05) is 0 Å². The summed E-state index contributed by atoms with van der Waals surface area (Å²) in [6.45, 7) is 0. The fourth-order valence-corrected chi connectivity index (χ4v) is 1.82. The van der Waals surface area contributed by atoms with Gasteiger partial charge in [0.05, 0.1) is 11.3 Å². The fourth-order valence-electron chi connectivity index (χ4n) is 1.69. The standard InChI is InChI=1S/C16H12ClNO4/c17-12-5-1-10(2-6-12)3-8-15(20)18-13-9-11(16(21)22)4-7-14(13)19/h1-9,19H,(H,18,20)(H,21,22)/b8-3+. The van der Waals surface area contributed by atoms with Crippen LogP contribution in [-0.2, 0) is 4.79 Å². The van der Waals surface area contributed by atoms with E-state index in [1.54, 1.807) is 30.3 Å². The summed E-state index contributed by atoms with van der Waals surface area (Å²) >= 11 is 5.76. The van der Waals surface area contributed by atoms with Crippen LogP contribution in [-0.4, -0.2) is 22.1 Å². The van der Waals surface area contributed by atoms with E-state index in [2.05, 4.69) is 5.32 Å².